The van der Waals surface area contributed by atoms with Crippen LogP contribution in [0, 0.1) is 0 Å². The van der Waals surface area contributed by atoms with E-state index in [0.29, 0.717) is 12.2 Å². The van der Waals surface area contributed by atoms with Crippen LogP contribution in [-0.4, -0.2) is 12.6 Å². The predicted molar refractivity (Wildman–Crippen MR) is 89.0 cm³/mol. The minimum Gasteiger partial charge on any atom is -0.462 e. The summed E-state index contributed by atoms with van der Waals surface area (Å²) in [5, 5.41) is 0. The lowest BCUT2D eigenvalue weighted by Gasteiger charge is -2.05. The van der Waals surface area contributed by atoms with Crippen molar-refractivity contribution in [2.45, 2.75) is 58.8 Å². The van der Waals surface area contributed by atoms with Crippen LogP contribution in [0.3, 0.4) is 0 Å². The summed E-state index contributed by atoms with van der Waals surface area (Å²) in [7, 11) is 0. The predicted octanol–water partition coefficient (Wildman–Crippen LogP) is 5.38. The molecule has 1 rings (SSSR count). The number of unbranched alkanes of at least 4 members (excludes halogenated alkanes) is 6. The van der Waals surface area contributed by atoms with Crippen LogP contribution in [0.15, 0.2) is 35.9 Å². The summed E-state index contributed by atoms with van der Waals surface area (Å²) < 4.78 is 5.30. The topological polar surface area (TPSA) is 26.3 Å². The first-order valence-corrected chi connectivity index (χ1v) is 8.14. The van der Waals surface area contributed by atoms with Gasteiger partial charge in [0, 0.05) is 5.57 Å². The Bertz CT molecular complexity index is 420. The third-order valence-corrected chi connectivity index (χ3v) is 3.49. The molecule has 0 aliphatic heterocycles. The SMILES string of the molecule is CCCCCCCCCOC(=O)/C(C)=C/c1ccccc1. The molecule has 1 aromatic carbocycles. The van der Waals surface area contributed by atoms with Crippen LogP contribution in [0.4, 0.5) is 0 Å². The standard InChI is InChI=1S/C19H28O2/c1-3-4-5-6-7-8-12-15-21-19(20)17(2)16-18-13-10-9-11-14-18/h9-11,13-14,16H,3-8,12,15H2,1-2H3/b17-16+. The number of esters is 1. The van der Waals surface area contributed by atoms with Gasteiger partial charge in [0.05, 0.1) is 6.61 Å². The fourth-order valence-corrected chi connectivity index (χ4v) is 2.20. The number of ether oxygens (including phenoxy) is 1. The quantitative estimate of drug-likeness (QED) is 0.328. The third-order valence-electron chi connectivity index (χ3n) is 3.49. The minimum atomic E-state index is -0.204. The van der Waals surface area contributed by atoms with Crippen LogP contribution in [0.1, 0.15) is 64.4 Å². The lowest BCUT2D eigenvalue weighted by Crippen LogP contribution is -2.07. The van der Waals surface area contributed by atoms with E-state index in [1.807, 2.05) is 36.4 Å². The summed E-state index contributed by atoms with van der Waals surface area (Å²) >= 11 is 0. The molecule has 2 nitrogen and oxygen atoms in total. The van der Waals surface area contributed by atoms with E-state index >= 15 is 0 Å². The summed E-state index contributed by atoms with van der Waals surface area (Å²) in [4.78, 5) is 11.8. The molecule has 0 saturated carbocycles. The van der Waals surface area contributed by atoms with Crippen molar-refractivity contribution in [2.75, 3.05) is 6.61 Å². The van der Waals surface area contributed by atoms with Gasteiger partial charge >= 0.3 is 5.97 Å². The maximum atomic E-state index is 11.8. The average Bonchev–Trinajstić information content (AvgIpc) is 2.50. The average molecular weight is 288 g/mol. The molecule has 21 heavy (non-hydrogen) atoms. The van der Waals surface area contributed by atoms with Crippen LogP contribution in [0.2, 0.25) is 0 Å². The van der Waals surface area contributed by atoms with Gasteiger partial charge in [0.15, 0.2) is 0 Å². The number of hydrogen-bond acceptors (Lipinski definition) is 2. The van der Waals surface area contributed by atoms with Gasteiger partial charge in [0.25, 0.3) is 0 Å². The molecular weight excluding hydrogens is 260 g/mol. The zero-order valence-corrected chi connectivity index (χ0v) is 13.4. The number of carbonyl (C=O) groups is 1. The fraction of sp³-hybridized carbons (Fsp3) is 0.526. The molecule has 116 valence electrons. The molecule has 0 heterocycles. The van der Waals surface area contributed by atoms with Crippen molar-refractivity contribution >= 4 is 12.0 Å². The maximum absolute atomic E-state index is 11.8. The summed E-state index contributed by atoms with van der Waals surface area (Å²) in [5.41, 5.74) is 1.69. The highest BCUT2D eigenvalue weighted by molar-refractivity contribution is 5.92. The van der Waals surface area contributed by atoms with Gasteiger partial charge in [-0.3, -0.25) is 0 Å². The highest BCUT2D eigenvalue weighted by Gasteiger charge is 2.05. The molecule has 0 radical (unpaired) electrons. The van der Waals surface area contributed by atoms with Crippen LogP contribution in [0.5, 0.6) is 0 Å². The van der Waals surface area contributed by atoms with Crippen LogP contribution >= 0.6 is 0 Å². The Labute approximate surface area is 129 Å². The number of benzene rings is 1. The van der Waals surface area contributed by atoms with Crippen LogP contribution in [0.25, 0.3) is 6.08 Å². The molecule has 0 aliphatic rings. The van der Waals surface area contributed by atoms with Crippen molar-refractivity contribution in [1.82, 2.24) is 0 Å². The van der Waals surface area contributed by atoms with Gasteiger partial charge in [-0.05, 0) is 25.0 Å². The third kappa shape index (κ3) is 8.34. The second-order valence-electron chi connectivity index (χ2n) is 5.50. The molecule has 0 bridgehead atoms. The zero-order chi connectivity index (χ0) is 15.3. The van der Waals surface area contributed by atoms with E-state index in [4.69, 9.17) is 4.74 Å². The van der Waals surface area contributed by atoms with Gasteiger partial charge < -0.3 is 4.74 Å². The molecule has 0 N–H and O–H groups in total. The monoisotopic (exact) mass is 288 g/mol. The van der Waals surface area contributed by atoms with E-state index in [9.17, 15) is 4.79 Å². The van der Waals surface area contributed by atoms with Crippen molar-refractivity contribution in [1.29, 1.82) is 0 Å². The van der Waals surface area contributed by atoms with Gasteiger partial charge in [-0.1, -0.05) is 75.8 Å². The number of rotatable bonds is 10. The zero-order valence-electron chi connectivity index (χ0n) is 13.4. The minimum absolute atomic E-state index is 0.204. The lowest BCUT2D eigenvalue weighted by molar-refractivity contribution is -0.139. The Morgan fingerprint density at radius 3 is 2.29 bits per heavy atom. The first kappa shape index (κ1) is 17.5. The van der Waals surface area contributed by atoms with Crippen LogP contribution in [-0.2, 0) is 9.53 Å². The van der Waals surface area contributed by atoms with Crippen molar-refractivity contribution in [2.24, 2.45) is 0 Å². The molecule has 0 saturated heterocycles. The van der Waals surface area contributed by atoms with E-state index < -0.39 is 0 Å². The molecule has 0 aromatic heterocycles. The molecular formula is C19H28O2. The Morgan fingerprint density at radius 2 is 1.62 bits per heavy atom. The van der Waals surface area contributed by atoms with Gasteiger partial charge in [0.2, 0.25) is 0 Å². The van der Waals surface area contributed by atoms with E-state index in [2.05, 4.69) is 6.92 Å². The maximum Gasteiger partial charge on any atom is 0.333 e. The molecule has 0 spiro atoms. The van der Waals surface area contributed by atoms with Crippen molar-refractivity contribution in [3.63, 3.8) is 0 Å². The van der Waals surface area contributed by atoms with E-state index in [1.54, 1.807) is 6.92 Å². The largest absolute Gasteiger partial charge is 0.462 e. The van der Waals surface area contributed by atoms with Gasteiger partial charge in [-0.25, -0.2) is 4.79 Å². The molecule has 0 fully saturated rings. The second-order valence-corrected chi connectivity index (χ2v) is 5.50. The van der Waals surface area contributed by atoms with Gasteiger partial charge in [-0.15, -0.1) is 0 Å². The first-order valence-electron chi connectivity index (χ1n) is 8.14. The fourth-order valence-electron chi connectivity index (χ4n) is 2.20. The highest BCUT2D eigenvalue weighted by Crippen LogP contribution is 2.09. The van der Waals surface area contributed by atoms with Crippen molar-refractivity contribution in [3.05, 3.63) is 41.5 Å². The summed E-state index contributed by atoms with van der Waals surface area (Å²) in [5.74, 6) is -0.204. The summed E-state index contributed by atoms with van der Waals surface area (Å²) in [6.45, 7) is 4.57. The second kappa shape index (κ2) is 11.1. The molecule has 1 aromatic rings. The van der Waals surface area contributed by atoms with Crippen molar-refractivity contribution in [3.8, 4) is 0 Å². The molecule has 0 unspecified atom stereocenters. The molecule has 0 aliphatic carbocycles. The van der Waals surface area contributed by atoms with E-state index in [-0.39, 0.29) is 5.97 Å². The smallest absolute Gasteiger partial charge is 0.333 e. The normalized spacial score (nSPS) is 11.4. The Balaban J connectivity index is 2.14. The summed E-state index contributed by atoms with van der Waals surface area (Å²) in [6, 6.07) is 9.84. The molecule has 0 atom stereocenters. The van der Waals surface area contributed by atoms with Crippen molar-refractivity contribution < 1.29 is 9.53 Å². The Kier molecular flexibility index (Phi) is 9.26. The Morgan fingerprint density at radius 1 is 1.00 bits per heavy atom. The Hall–Kier alpha value is -1.57. The van der Waals surface area contributed by atoms with E-state index in [0.717, 1.165) is 18.4 Å². The molecule has 2 heteroatoms. The first-order chi connectivity index (χ1) is 10.2. The summed E-state index contributed by atoms with van der Waals surface area (Å²) in [6.07, 6.45) is 10.5. The van der Waals surface area contributed by atoms with Gasteiger partial charge in [0.1, 0.15) is 0 Å². The molecule has 0 amide bonds. The lowest BCUT2D eigenvalue weighted by atomic mass is 10.1. The van der Waals surface area contributed by atoms with E-state index in [1.165, 1.54) is 32.1 Å². The number of hydrogen-bond donors (Lipinski definition) is 0. The number of carbonyl (C=O) groups excluding carboxylic acids is 1. The van der Waals surface area contributed by atoms with Crippen LogP contribution < -0.4 is 0 Å². The van der Waals surface area contributed by atoms with Gasteiger partial charge in [-0.2, -0.15) is 0 Å². The highest BCUT2D eigenvalue weighted by atomic mass is 16.5.